The summed E-state index contributed by atoms with van der Waals surface area (Å²) < 4.78 is 5.19. The quantitative estimate of drug-likeness (QED) is 0.746. The highest BCUT2D eigenvalue weighted by molar-refractivity contribution is 5.79. The van der Waals surface area contributed by atoms with E-state index in [1.54, 1.807) is 19.4 Å². The lowest BCUT2D eigenvalue weighted by atomic mass is 10.0. The fourth-order valence-corrected chi connectivity index (χ4v) is 1.97. The molecule has 4 heteroatoms. The van der Waals surface area contributed by atoms with Crippen LogP contribution in [0.25, 0.3) is 10.9 Å². The van der Waals surface area contributed by atoms with Crippen LogP contribution in [0.15, 0.2) is 47.2 Å². The predicted octanol–water partition coefficient (Wildman–Crippen LogP) is 2.58. The Labute approximate surface area is 104 Å². The normalized spacial score (nSPS) is 12.8. The van der Waals surface area contributed by atoms with E-state index in [0.29, 0.717) is 5.89 Å². The van der Waals surface area contributed by atoms with Gasteiger partial charge in [-0.2, -0.15) is 0 Å². The van der Waals surface area contributed by atoms with Gasteiger partial charge >= 0.3 is 0 Å². The van der Waals surface area contributed by atoms with Gasteiger partial charge in [0.25, 0.3) is 0 Å². The molecule has 0 radical (unpaired) electrons. The van der Waals surface area contributed by atoms with Gasteiger partial charge in [0.15, 0.2) is 5.89 Å². The van der Waals surface area contributed by atoms with Crippen molar-refractivity contribution in [1.82, 2.24) is 9.97 Å². The van der Waals surface area contributed by atoms with E-state index in [9.17, 15) is 0 Å². The highest BCUT2D eigenvalue weighted by Crippen LogP contribution is 2.22. The zero-order chi connectivity index (χ0) is 12.5. The van der Waals surface area contributed by atoms with E-state index in [4.69, 9.17) is 10.2 Å². The largest absolute Gasteiger partial charge is 0.449 e. The van der Waals surface area contributed by atoms with Crippen molar-refractivity contribution in [3.05, 3.63) is 59.9 Å². The van der Waals surface area contributed by atoms with Crippen molar-refractivity contribution < 1.29 is 4.42 Å². The van der Waals surface area contributed by atoms with Crippen LogP contribution in [0.1, 0.15) is 23.2 Å². The zero-order valence-electron chi connectivity index (χ0n) is 10.00. The maximum absolute atomic E-state index is 6.17. The summed E-state index contributed by atoms with van der Waals surface area (Å²) in [6, 6.07) is 9.67. The van der Waals surface area contributed by atoms with Crippen LogP contribution in [-0.2, 0) is 0 Å². The van der Waals surface area contributed by atoms with Gasteiger partial charge in [-0.1, -0.05) is 18.2 Å². The molecule has 1 atom stereocenters. The SMILES string of the molecule is Cc1nc(C(N)c2ccc3cccnc3c2)co1. The minimum Gasteiger partial charge on any atom is -0.449 e. The van der Waals surface area contributed by atoms with Gasteiger partial charge in [-0.25, -0.2) is 4.98 Å². The molecule has 0 bridgehead atoms. The average Bonchev–Trinajstić information content (AvgIpc) is 2.84. The highest BCUT2D eigenvalue weighted by Gasteiger charge is 2.13. The molecular formula is C14H13N3O. The molecule has 0 saturated heterocycles. The number of hydrogen-bond acceptors (Lipinski definition) is 4. The van der Waals surface area contributed by atoms with Crippen molar-refractivity contribution in [2.24, 2.45) is 5.73 Å². The van der Waals surface area contributed by atoms with E-state index in [0.717, 1.165) is 22.2 Å². The summed E-state index contributed by atoms with van der Waals surface area (Å²) >= 11 is 0. The molecule has 0 saturated carbocycles. The minimum absolute atomic E-state index is 0.283. The molecule has 4 nitrogen and oxygen atoms in total. The number of nitrogens with zero attached hydrogens (tertiary/aromatic N) is 2. The lowest BCUT2D eigenvalue weighted by Gasteiger charge is -2.09. The summed E-state index contributed by atoms with van der Waals surface area (Å²) in [7, 11) is 0. The molecule has 0 aliphatic carbocycles. The van der Waals surface area contributed by atoms with Gasteiger partial charge in [-0.3, -0.25) is 4.98 Å². The first-order valence-corrected chi connectivity index (χ1v) is 5.76. The van der Waals surface area contributed by atoms with Crippen molar-refractivity contribution in [3.63, 3.8) is 0 Å². The molecule has 0 aliphatic rings. The highest BCUT2D eigenvalue weighted by atomic mass is 16.3. The molecule has 0 aliphatic heterocycles. The van der Waals surface area contributed by atoms with Crippen LogP contribution < -0.4 is 5.73 Å². The van der Waals surface area contributed by atoms with Crippen LogP contribution in [0.3, 0.4) is 0 Å². The van der Waals surface area contributed by atoms with Gasteiger partial charge in [0, 0.05) is 18.5 Å². The van der Waals surface area contributed by atoms with Crippen molar-refractivity contribution in [2.75, 3.05) is 0 Å². The zero-order valence-corrected chi connectivity index (χ0v) is 10.00. The van der Waals surface area contributed by atoms with E-state index in [1.807, 2.05) is 30.3 Å². The Morgan fingerprint density at radius 3 is 2.94 bits per heavy atom. The van der Waals surface area contributed by atoms with Crippen LogP contribution in [0.4, 0.5) is 0 Å². The average molecular weight is 239 g/mol. The summed E-state index contributed by atoms with van der Waals surface area (Å²) in [5.74, 6) is 0.624. The van der Waals surface area contributed by atoms with E-state index in [1.165, 1.54) is 0 Å². The van der Waals surface area contributed by atoms with Crippen molar-refractivity contribution in [1.29, 1.82) is 0 Å². The van der Waals surface area contributed by atoms with Crippen LogP contribution in [0, 0.1) is 6.92 Å². The second kappa shape index (κ2) is 4.23. The van der Waals surface area contributed by atoms with Crippen molar-refractivity contribution in [2.45, 2.75) is 13.0 Å². The van der Waals surface area contributed by atoms with E-state index in [-0.39, 0.29) is 6.04 Å². The lowest BCUT2D eigenvalue weighted by molar-refractivity contribution is 0.520. The Morgan fingerprint density at radius 1 is 1.28 bits per heavy atom. The number of hydrogen-bond donors (Lipinski definition) is 1. The molecule has 0 amide bonds. The monoisotopic (exact) mass is 239 g/mol. The van der Waals surface area contributed by atoms with Crippen molar-refractivity contribution >= 4 is 10.9 Å². The lowest BCUT2D eigenvalue weighted by Crippen LogP contribution is -2.12. The van der Waals surface area contributed by atoms with Gasteiger partial charge in [0.2, 0.25) is 0 Å². The van der Waals surface area contributed by atoms with E-state index >= 15 is 0 Å². The number of nitrogens with two attached hydrogens (primary N) is 1. The smallest absolute Gasteiger partial charge is 0.191 e. The number of pyridine rings is 1. The Hall–Kier alpha value is -2.20. The third kappa shape index (κ3) is 1.87. The summed E-state index contributed by atoms with van der Waals surface area (Å²) in [5.41, 5.74) is 8.83. The van der Waals surface area contributed by atoms with Crippen molar-refractivity contribution in [3.8, 4) is 0 Å². The van der Waals surface area contributed by atoms with Gasteiger partial charge in [0.05, 0.1) is 11.6 Å². The predicted molar refractivity (Wildman–Crippen MR) is 69.0 cm³/mol. The fourth-order valence-electron chi connectivity index (χ4n) is 1.97. The van der Waals surface area contributed by atoms with Gasteiger partial charge in [0.1, 0.15) is 12.0 Å². The Balaban J connectivity index is 2.03. The molecule has 18 heavy (non-hydrogen) atoms. The van der Waals surface area contributed by atoms with Crippen LogP contribution in [0.5, 0.6) is 0 Å². The first-order valence-electron chi connectivity index (χ1n) is 5.76. The number of aryl methyl sites for hydroxylation is 1. The Bertz CT molecular complexity index is 690. The minimum atomic E-state index is -0.283. The molecule has 2 N–H and O–H groups in total. The topological polar surface area (TPSA) is 64.9 Å². The van der Waals surface area contributed by atoms with Crippen LogP contribution in [-0.4, -0.2) is 9.97 Å². The molecular weight excluding hydrogens is 226 g/mol. The molecule has 3 rings (SSSR count). The molecule has 1 unspecified atom stereocenters. The van der Waals surface area contributed by atoms with Crippen LogP contribution >= 0.6 is 0 Å². The molecule has 1 aromatic carbocycles. The summed E-state index contributed by atoms with van der Waals surface area (Å²) in [6.07, 6.45) is 3.38. The fraction of sp³-hybridized carbons (Fsp3) is 0.143. The van der Waals surface area contributed by atoms with Gasteiger partial charge in [-0.05, 0) is 17.7 Å². The third-order valence-electron chi connectivity index (χ3n) is 2.94. The first-order chi connectivity index (χ1) is 8.74. The molecule has 0 spiro atoms. The molecule has 2 aromatic heterocycles. The third-order valence-corrected chi connectivity index (χ3v) is 2.94. The second-order valence-corrected chi connectivity index (χ2v) is 4.22. The molecule has 0 fully saturated rings. The van der Waals surface area contributed by atoms with Gasteiger partial charge in [-0.15, -0.1) is 0 Å². The standard InChI is InChI=1S/C14H13N3O/c1-9-17-13(8-18-9)14(15)11-5-4-10-3-2-6-16-12(10)7-11/h2-8,14H,15H2,1H3. The number of rotatable bonds is 2. The number of aromatic nitrogens is 2. The number of benzene rings is 1. The Kier molecular flexibility index (Phi) is 2.57. The maximum atomic E-state index is 6.17. The number of fused-ring (bicyclic) bond motifs is 1. The molecule has 3 aromatic rings. The molecule has 90 valence electrons. The molecule has 2 heterocycles. The summed E-state index contributed by atoms with van der Waals surface area (Å²) in [6.45, 7) is 1.80. The second-order valence-electron chi connectivity index (χ2n) is 4.22. The summed E-state index contributed by atoms with van der Waals surface area (Å²) in [4.78, 5) is 8.58. The van der Waals surface area contributed by atoms with Gasteiger partial charge < -0.3 is 10.2 Å². The number of oxazole rings is 1. The maximum Gasteiger partial charge on any atom is 0.191 e. The summed E-state index contributed by atoms with van der Waals surface area (Å²) in [5, 5.41) is 1.10. The first kappa shape index (κ1) is 10.9. The Morgan fingerprint density at radius 2 is 2.17 bits per heavy atom. The van der Waals surface area contributed by atoms with Crippen LogP contribution in [0.2, 0.25) is 0 Å². The van der Waals surface area contributed by atoms with E-state index in [2.05, 4.69) is 9.97 Å². The van der Waals surface area contributed by atoms with E-state index < -0.39 is 0 Å².